The molecule has 0 aliphatic carbocycles. The van der Waals surface area contributed by atoms with E-state index in [-0.39, 0.29) is 11.9 Å². The molecule has 0 bridgehead atoms. The standard InChI is InChI=1S/C11H20N4O2/c1-5-7(2)15-9(12)8(6-14(3)4)10(16)13-11(15)17/h7H,5-6,12H2,1-4H3,(H,13,16,17). The number of hydrogen-bond acceptors (Lipinski definition) is 4. The van der Waals surface area contributed by atoms with Gasteiger partial charge in [-0.05, 0) is 27.4 Å². The lowest BCUT2D eigenvalue weighted by atomic mass is 10.2. The minimum absolute atomic E-state index is 0.0275. The normalized spacial score (nSPS) is 13.0. The van der Waals surface area contributed by atoms with Crippen molar-refractivity contribution in [2.75, 3.05) is 19.8 Å². The Labute approximate surface area is 100 Å². The first-order valence-corrected chi connectivity index (χ1v) is 5.66. The summed E-state index contributed by atoms with van der Waals surface area (Å²) in [6.07, 6.45) is 0.775. The zero-order valence-corrected chi connectivity index (χ0v) is 10.8. The zero-order valence-electron chi connectivity index (χ0n) is 10.8. The molecule has 17 heavy (non-hydrogen) atoms. The second kappa shape index (κ2) is 5.18. The maximum Gasteiger partial charge on any atom is 0.330 e. The molecule has 0 aliphatic rings. The van der Waals surface area contributed by atoms with Gasteiger partial charge < -0.3 is 10.6 Å². The van der Waals surface area contributed by atoms with Gasteiger partial charge in [-0.2, -0.15) is 0 Å². The van der Waals surface area contributed by atoms with Crippen molar-refractivity contribution in [2.24, 2.45) is 0 Å². The lowest BCUT2D eigenvalue weighted by Gasteiger charge is -2.19. The Balaban J connectivity index is 3.43. The summed E-state index contributed by atoms with van der Waals surface area (Å²) in [5, 5.41) is 0. The van der Waals surface area contributed by atoms with E-state index in [4.69, 9.17) is 5.73 Å². The van der Waals surface area contributed by atoms with E-state index in [1.54, 1.807) is 0 Å². The second-order valence-electron chi connectivity index (χ2n) is 4.49. The van der Waals surface area contributed by atoms with E-state index in [9.17, 15) is 9.59 Å². The number of nitrogen functional groups attached to an aromatic ring is 1. The number of anilines is 1. The topological polar surface area (TPSA) is 84.1 Å². The van der Waals surface area contributed by atoms with Crippen LogP contribution in [0.2, 0.25) is 0 Å². The molecule has 1 atom stereocenters. The van der Waals surface area contributed by atoms with Crippen molar-refractivity contribution in [3.8, 4) is 0 Å². The Morgan fingerprint density at radius 1 is 1.41 bits per heavy atom. The van der Waals surface area contributed by atoms with Gasteiger partial charge in [0, 0.05) is 12.6 Å². The van der Waals surface area contributed by atoms with E-state index in [1.807, 2.05) is 32.8 Å². The molecular formula is C11H20N4O2. The van der Waals surface area contributed by atoms with Crippen LogP contribution in [0.4, 0.5) is 5.82 Å². The molecule has 6 nitrogen and oxygen atoms in total. The molecule has 0 aromatic carbocycles. The van der Waals surface area contributed by atoms with Gasteiger partial charge in [0.15, 0.2) is 0 Å². The molecule has 96 valence electrons. The quantitative estimate of drug-likeness (QED) is 0.784. The van der Waals surface area contributed by atoms with E-state index in [1.165, 1.54) is 4.57 Å². The summed E-state index contributed by atoms with van der Waals surface area (Å²) < 4.78 is 1.44. The number of aromatic nitrogens is 2. The first-order valence-electron chi connectivity index (χ1n) is 5.66. The Bertz CT molecular complexity index is 501. The molecule has 0 saturated heterocycles. The van der Waals surface area contributed by atoms with Crippen LogP contribution in [-0.2, 0) is 6.54 Å². The first-order chi connectivity index (χ1) is 7.88. The van der Waals surface area contributed by atoms with Crippen LogP contribution >= 0.6 is 0 Å². The third kappa shape index (κ3) is 2.76. The number of H-pyrrole nitrogens is 1. The summed E-state index contributed by atoms with van der Waals surface area (Å²) in [5.74, 6) is 0.266. The summed E-state index contributed by atoms with van der Waals surface area (Å²) in [4.78, 5) is 27.6. The van der Waals surface area contributed by atoms with Gasteiger partial charge in [0.2, 0.25) is 0 Å². The van der Waals surface area contributed by atoms with Crippen molar-refractivity contribution in [2.45, 2.75) is 32.9 Å². The van der Waals surface area contributed by atoms with Crippen molar-refractivity contribution in [3.05, 3.63) is 26.4 Å². The number of nitrogens with zero attached hydrogens (tertiary/aromatic N) is 2. The van der Waals surface area contributed by atoms with E-state index >= 15 is 0 Å². The third-order valence-corrected chi connectivity index (χ3v) is 2.79. The molecule has 0 radical (unpaired) electrons. The van der Waals surface area contributed by atoms with E-state index < -0.39 is 11.2 Å². The molecule has 6 heteroatoms. The van der Waals surface area contributed by atoms with E-state index in [0.717, 1.165) is 6.42 Å². The van der Waals surface area contributed by atoms with Gasteiger partial charge in [-0.1, -0.05) is 6.92 Å². The monoisotopic (exact) mass is 240 g/mol. The lowest BCUT2D eigenvalue weighted by molar-refractivity contribution is 0.396. The summed E-state index contributed by atoms with van der Waals surface area (Å²) in [5.41, 5.74) is 5.52. The number of nitrogens with one attached hydrogen (secondary N) is 1. The van der Waals surface area contributed by atoms with E-state index in [2.05, 4.69) is 4.98 Å². The third-order valence-electron chi connectivity index (χ3n) is 2.79. The molecule has 3 N–H and O–H groups in total. The number of nitrogens with two attached hydrogens (primary N) is 1. The Kier molecular flexibility index (Phi) is 4.11. The minimum atomic E-state index is -0.440. The maximum atomic E-state index is 11.7. The number of aromatic amines is 1. The minimum Gasteiger partial charge on any atom is -0.385 e. The van der Waals surface area contributed by atoms with Crippen LogP contribution in [0.25, 0.3) is 0 Å². The van der Waals surface area contributed by atoms with Crippen LogP contribution in [0.1, 0.15) is 31.9 Å². The Hall–Kier alpha value is -1.56. The number of hydrogen-bond donors (Lipinski definition) is 2. The van der Waals surface area contributed by atoms with Gasteiger partial charge in [0.25, 0.3) is 5.56 Å². The first kappa shape index (κ1) is 13.5. The summed E-state index contributed by atoms with van der Waals surface area (Å²) in [7, 11) is 3.69. The fraction of sp³-hybridized carbons (Fsp3) is 0.636. The van der Waals surface area contributed by atoms with Crippen molar-refractivity contribution in [3.63, 3.8) is 0 Å². The molecule has 0 fully saturated rings. The van der Waals surface area contributed by atoms with Crippen LogP contribution in [0, 0.1) is 0 Å². The van der Waals surface area contributed by atoms with Crippen LogP contribution < -0.4 is 17.0 Å². The van der Waals surface area contributed by atoms with Crippen molar-refractivity contribution in [1.29, 1.82) is 0 Å². The largest absolute Gasteiger partial charge is 0.385 e. The smallest absolute Gasteiger partial charge is 0.330 e. The fourth-order valence-corrected chi connectivity index (χ4v) is 1.69. The van der Waals surface area contributed by atoms with Gasteiger partial charge in [0.05, 0.1) is 5.56 Å². The van der Waals surface area contributed by atoms with Gasteiger partial charge in [-0.3, -0.25) is 14.3 Å². The van der Waals surface area contributed by atoms with Crippen molar-refractivity contribution < 1.29 is 0 Å². The van der Waals surface area contributed by atoms with Crippen molar-refractivity contribution in [1.82, 2.24) is 14.5 Å². The molecule has 1 rings (SSSR count). The molecule has 1 unspecified atom stereocenters. The molecule has 1 aromatic rings. The van der Waals surface area contributed by atoms with Gasteiger partial charge >= 0.3 is 5.69 Å². The average Bonchev–Trinajstić information content (AvgIpc) is 2.23. The maximum absolute atomic E-state index is 11.7. The molecule has 1 heterocycles. The highest BCUT2D eigenvalue weighted by atomic mass is 16.2. The highest BCUT2D eigenvalue weighted by Crippen LogP contribution is 2.14. The summed E-state index contributed by atoms with van der Waals surface area (Å²) in [6.45, 7) is 4.28. The molecule has 0 saturated carbocycles. The van der Waals surface area contributed by atoms with Crippen molar-refractivity contribution >= 4 is 5.82 Å². The molecule has 0 aliphatic heterocycles. The molecular weight excluding hydrogens is 220 g/mol. The fourth-order valence-electron chi connectivity index (χ4n) is 1.69. The zero-order chi connectivity index (χ0) is 13.2. The predicted octanol–water partition coefficient (Wildman–Crippen LogP) is 0.151. The van der Waals surface area contributed by atoms with Crippen LogP contribution in [0.5, 0.6) is 0 Å². The summed E-state index contributed by atoms with van der Waals surface area (Å²) >= 11 is 0. The Morgan fingerprint density at radius 2 is 2.00 bits per heavy atom. The molecule has 1 aromatic heterocycles. The highest BCUT2D eigenvalue weighted by Gasteiger charge is 2.15. The van der Waals surface area contributed by atoms with Crippen LogP contribution in [0.15, 0.2) is 9.59 Å². The lowest BCUT2D eigenvalue weighted by Crippen LogP contribution is -2.37. The number of rotatable bonds is 4. The van der Waals surface area contributed by atoms with Gasteiger partial charge in [-0.25, -0.2) is 4.79 Å². The second-order valence-corrected chi connectivity index (χ2v) is 4.49. The molecule has 0 spiro atoms. The predicted molar refractivity (Wildman–Crippen MR) is 68.1 cm³/mol. The van der Waals surface area contributed by atoms with Crippen LogP contribution in [-0.4, -0.2) is 28.5 Å². The molecule has 0 amide bonds. The van der Waals surface area contributed by atoms with Crippen LogP contribution in [0.3, 0.4) is 0 Å². The van der Waals surface area contributed by atoms with Gasteiger partial charge in [-0.15, -0.1) is 0 Å². The highest BCUT2D eigenvalue weighted by molar-refractivity contribution is 5.38. The SMILES string of the molecule is CCC(C)n1c(N)c(CN(C)C)c(=O)[nH]c1=O. The van der Waals surface area contributed by atoms with Gasteiger partial charge in [0.1, 0.15) is 5.82 Å². The average molecular weight is 240 g/mol. The Morgan fingerprint density at radius 3 is 2.47 bits per heavy atom. The van der Waals surface area contributed by atoms with E-state index in [0.29, 0.717) is 12.1 Å². The summed E-state index contributed by atoms with van der Waals surface area (Å²) in [6, 6.07) is -0.0275.